The molecule has 2 heteroatoms. The molecule has 70 heavy (non-hydrogen) atoms. The highest BCUT2D eigenvalue weighted by Gasteiger charge is 2.44. The molecule has 2 atom stereocenters. The predicted molar refractivity (Wildman–Crippen MR) is 289 cm³/mol. The van der Waals surface area contributed by atoms with E-state index in [0.29, 0.717) is 0 Å². The lowest BCUT2D eigenvalue weighted by Crippen LogP contribution is -2.25. The first-order valence-electron chi connectivity index (χ1n) is 25.0. The predicted octanol–water partition coefficient (Wildman–Crippen LogP) is 17.4. The molecule has 0 radical (unpaired) electrons. The molecule has 0 aromatic heterocycles. The zero-order valence-corrected chi connectivity index (χ0v) is 38.9. The summed E-state index contributed by atoms with van der Waals surface area (Å²) in [6, 6.07) is 80.7. The average Bonchev–Trinajstić information content (AvgIpc) is 3.82. The Morgan fingerprint density at radius 1 is 0.314 bits per heavy atom. The van der Waals surface area contributed by atoms with Crippen molar-refractivity contribution in [2.75, 3.05) is 9.80 Å². The van der Waals surface area contributed by atoms with Gasteiger partial charge in [0.15, 0.2) is 0 Å². The van der Waals surface area contributed by atoms with E-state index >= 15 is 0 Å². The molecule has 0 fully saturated rings. The lowest BCUT2D eigenvalue weighted by molar-refractivity contribution is 0.713. The number of anilines is 6. The topological polar surface area (TPSA) is 6.48 Å². The Morgan fingerprint density at radius 2 is 0.729 bits per heavy atom. The van der Waals surface area contributed by atoms with Crippen molar-refractivity contribution in [1.82, 2.24) is 0 Å². The summed E-state index contributed by atoms with van der Waals surface area (Å²) in [5.41, 5.74) is 30.5. The van der Waals surface area contributed by atoms with Gasteiger partial charge < -0.3 is 9.80 Å². The SMILES string of the molecule is CC12c3ccc4c(c3)N(c3ccc5c6c7cc(ccc7c(c5c3)-c3ccc(c1c3)-c1ccccc12)N1c2ccccc2Cc2ccc(cc21)C1(C)c2ccccc2-c2ccc-6cc21)c1ccccc1C4. The van der Waals surface area contributed by atoms with Gasteiger partial charge in [0.25, 0.3) is 0 Å². The van der Waals surface area contributed by atoms with Gasteiger partial charge >= 0.3 is 0 Å². The van der Waals surface area contributed by atoms with Gasteiger partial charge in [-0.25, -0.2) is 0 Å². The van der Waals surface area contributed by atoms with Gasteiger partial charge in [0.1, 0.15) is 0 Å². The third-order valence-electron chi connectivity index (χ3n) is 17.8. The van der Waals surface area contributed by atoms with Crippen LogP contribution in [0.2, 0.25) is 0 Å². The molecule has 0 N–H and O–H groups in total. The molecule has 17 rings (SSSR count). The molecule has 2 unspecified atom stereocenters. The number of fused-ring (bicyclic) bond motifs is 24. The second kappa shape index (κ2) is 12.8. The van der Waals surface area contributed by atoms with Crippen LogP contribution in [0.15, 0.2) is 206 Å². The van der Waals surface area contributed by atoms with E-state index in [-0.39, 0.29) is 10.8 Å². The van der Waals surface area contributed by atoms with Crippen LogP contribution in [0.4, 0.5) is 34.1 Å². The fraction of sp³-hybridized carbons (Fsp3) is 0.0882. The Labute approximate surface area is 407 Å². The lowest BCUT2D eigenvalue weighted by atomic mass is 9.72. The van der Waals surface area contributed by atoms with Gasteiger partial charge in [0, 0.05) is 57.8 Å². The summed E-state index contributed by atoms with van der Waals surface area (Å²) in [6.45, 7) is 4.95. The maximum Gasteiger partial charge on any atom is 0.0500 e. The monoisotopic (exact) mass is 888 g/mol. The van der Waals surface area contributed by atoms with E-state index < -0.39 is 0 Å². The van der Waals surface area contributed by atoms with Crippen molar-refractivity contribution in [3.8, 4) is 44.5 Å². The van der Waals surface area contributed by atoms with Crippen LogP contribution in [0.25, 0.3) is 66.1 Å². The molecular formula is C68H44N2. The normalized spacial score (nSPS) is 18.4. The molecule has 11 aromatic carbocycles. The molecule has 4 aliphatic heterocycles. The number of benzene rings is 11. The fourth-order valence-electron chi connectivity index (χ4n) is 14.5. The van der Waals surface area contributed by atoms with Crippen LogP contribution in [-0.4, -0.2) is 0 Å². The van der Waals surface area contributed by atoms with Crippen molar-refractivity contribution in [3.63, 3.8) is 0 Å². The molecule has 11 aromatic rings. The van der Waals surface area contributed by atoms with E-state index in [1.165, 1.54) is 156 Å². The summed E-state index contributed by atoms with van der Waals surface area (Å²) < 4.78 is 0. The molecule has 2 nitrogen and oxygen atoms in total. The summed E-state index contributed by atoms with van der Waals surface area (Å²) in [7, 11) is 0. The highest BCUT2D eigenvalue weighted by atomic mass is 15.2. The minimum Gasteiger partial charge on any atom is -0.310 e. The molecule has 2 aliphatic carbocycles. The van der Waals surface area contributed by atoms with Crippen molar-refractivity contribution < 1.29 is 0 Å². The third kappa shape index (κ3) is 4.47. The number of hydrogen-bond donors (Lipinski definition) is 0. The minimum absolute atomic E-state index is 0.370. The Bertz CT molecular complexity index is 3980. The van der Waals surface area contributed by atoms with Gasteiger partial charge in [-0.05, 0) is 196 Å². The van der Waals surface area contributed by atoms with E-state index in [1.807, 2.05) is 0 Å². The van der Waals surface area contributed by atoms with Crippen LogP contribution in [0.5, 0.6) is 0 Å². The smallest absolute Gasteiger partial charge is 0.0500 e. The Kier molecular flexibility index (Phi) is 6.85. The second-order valence-corrected chi connectivity index (χ2v) is 21.0. The van der Waals surface area contributed by atoms with E-state index in [4.69, 9.17) is 0 Å². The molecule has 326 valence electrons. The standard InChI is InChI=1S/C68H44N2/c1-67-45-23-19-41-31-39-11-3-9-17-61(39)69(63(41)35-45)47-25-30-54-55(37-47)65(43-21-27-51(59(67)33-43)49-13-5-7-15-57(49)67)53-29-26-48-38-56(53)66(54)44-22-28-52-50-14-6-8-16-58(50)68(2,60(52)34-44)46-24-20-42-32-40-12-4-10-18-62(40)70(48)64(42)36-46/h3-30,33-38H,31-32H2,1-2H3. The number of rotatable bonds is 0. The number of hydrogen-bond acceptors (Lipinski definition) is 2. The highest BCUT2D eigenvalue weighted by Crippen LogP contribution is 2.60. The third-order valence-corrected chi connectivity index (χ3v) is 17.8. The molecule has 6 aliphatic rings. The Hall–Kier alpha value is -8.46. The fourth-order valence-corrected chi connectivity index (χ4v) is 14.5. The second-order valence-electron chi connectivity index (χ2n) is 21.0. The maximum absolute atomic E-state index is 2.57. The van der Waals surface area contributed by atoms with Crippen LogP contribution < -0.4 is 9.80 Å². The summed E-state index contributed by atoms with van der Waals surface area (Å²) >= 11 is 0. The zero-order valence-electron chi connectivity index (χ0n) is 38.9. The van der Waals surface area contributed by atoms with E-state index in [2.05, 4.69) is 230 Å². The van der Waals surface area contributed by atoms with Gasteiger partial charge in [-0.3, -0.25) is 0 Å². The van der Waals surface area contributed by atoms with Gasteiger partial charge in [0.05, 0.1) is 0 Å². The van der Waals surface area contributed by atoms with Crippen LogP contribution in [0, 0.1) is 0 Å². The molecule has 0 saturated carbocycles. The first-order chi connectivity index (χ1) is 34.4. The van der Waals surface area contributed by atoms with Crippen molar-refractivity contribution in [3.05, 3.63) is 262 Å². The summed E-state index contributed by atoms with van der Waals surface area (Å²) in [5.74, 6) is 0. The van der Waals surface area contributed by atoms with Crippen molar-refractivity contribution in [2.45, 2.75) is 37.5 Å². The van der Waals surface area contributed by atoms with E-state index in [9.17, 15) is 0 Å². The largest absolute Gasteiger partial charge is 0.310 e. The summed E-state index contributed by atoms with van der Waals surface area (Å²) in [6.07, 6.45) is 1.81. The molecule has 0 saturated heterocycles. The highest BCUT2D eigenvalue weighted by molar-refractivity contribution is 6.23. The first-order valence-corrected chi connectivity index (χ1v) is 25.0. The quantitative estimate of drug-likeness (QED) is 0.140. The molecule has 0 spiro atoms. The van der Waals surface area contributed by atoms with Crippen LogP contribution in [-0.2, 0) is 23.7 Å². The lowest BCUT2D eigenvalue weighted by Gasteiger charge is -2.37. The van der Waals surface area contributed by atoms with Crippen molar-refractivity contribution in [1.29, 1.82) is 0 Å². The summed E-state index contributed by atoms with van der Waals surface area (Å²) in [5, 5.41) is 5.05. The summed E-state index contributed by atoms with van der Waals surface area (Å²) in [4.78, 5) is 5.14. The van der Waals surface area contributed by atoms with Crippen LogP contribution in [0.3, 0.4) is 0 Å². The van der Waals surface area contributed by atoms with Crippen LogP contribution >= 0.6 is 0 Å². The average molecular weight is 889 g/mol. The first kappa shape index (κ1) is 37.5. The van der Waals surface area contributed by atoms with Gasteiger partial charge in [0.2, 0.25) is 0 Å². The zero-order chi connectivity index (χ0) is 45.8. The maximum atomic E-state index is 2.57. The van der Waals surface area contributed by atoms with Gasteiger partial charge in [-0.1, -0.05) is 146 Å². The number of nitrogens with zero attached hydrogens (tertiary/aromatic N) is 2. The Balaban J connectivity index is 1.05. The Morgan fingerprint density at radius 3 is 1.21 bits per heavy atom. The number of para-hydroxylation sites is 2. The van der Waals surface area contributed by atoms with E-state index in [0.717, 1.165) is 12.8 Å². The van der Waals surface area contributed by atoms with Crippen molar-refractivity contribution in [2.24, 2.45) is 0 Å². The van der Waals surface area contributed by atoms with E-state index in [1.54, 1.807) is 0 Å². The molecule has 0 amide bonds. The van der Waals surface area contributed by atoms with Gasteiger partial charge in [-0.2, -0.15) is 0 Å². The molecule has 4 heterocycles. The van der Waals surface area contributed by atoms with Crippen LogP contribution in [0.1, 0.15) is 69.5 Å². The van der Waals surface area contributed by atoms with Gasteiger partial charge in [-0.15, -0.1) is 0 Å². The minimum atomic E-state index is -0.370. The molecule has 12 bridgehead atoms. The molecular weight excluding hydrogens is 845 g/mol. The van der Waals surface area contributed by atoms with Crippen molar-refractivity contribution >= 4 is 55.7 Å².